The van der Waals surface area contributed by atoms with Crippen molar-refractivity contribution in [1.29, 1.82) is 0 Å². The number of hydrogen-bond donors (Lipinski definition) is 2. The van der Waals surface area contributed by atoms with E-state index in [-0.39, 0.29) is 0 Å². The van der Waals surface area contributed by atoms with Crippen molar-refractivity contribution in [2.24, 2.45) is 11.8 Å². The summed E-state index contributed by atoms with van der Waals surface area (Å²) in [4.78, 5) is 21.3. The van der Waals surface area contributed by atoms with E-state index in [2.05, 4.69) is 319 Å². The lowest BCUT2D eigenvalue weighted by molar-refractivity contribution is 0.0131. The van der Waals surface area contributed by atoms with Crippen molar-refractivity contribution < 1.29 is 4.74 Å². The first kappa shape index (κ1) is 84.3. The maximum atomic E-state index is 5.21. The van der Waals surface area contributed by atoms with Crippen molar-refractivity contribution in [1.82, 2.24) is 49.8 Å². The SMILES string of the molecule is CC1CC(C)N(C)C1.CC1CCN(C)C(C)C1.CC1CN(C)CCN1C.CC1COCCN1C.CC1Cc2ccccc2CN1C.CC1Cc2ccccc2N1C.CC1c2ccccc2CCN1C.CCC(C)N(C)C.CCC(C)NC.CNC(C)c1ccccc1. The van der Waals surface area contributed by atoms with E-state index in [1.165, 1.54) is 130 Å². The van der Waals surface area contributed by atoms with Crippen LogP contribution in [0, 0.1) is 11.8 Å². The molecule has 0 aliphatic carbocycles. The summed E-state index contributed by atoms with van der Waals surface area (Å²) in [5.74, 6) is 1.88. The second-order valence-electron chi connectivity index (χ2n) is 29.0. The molecule has 7 heterocycles. The fourth-order valence-corrected chi connectivity index (χ4v) is 12.0. The Hall–Kier alpha value is -3.76. The van der Waals surface area contributed by atoms with Crippen LogP contribution in [0.2, 0.25) is 0 Å². The zero-order valence-electron chi connectivity index (χ0n) is 64.4. The highest BCUT2D eigenvalue weighted by Crippen LogP contribution is 2.30. The first-order valence-electron chi connectivity index (χ1n) is 36.1. The Morgan fingerprint density at radius 1 is 0.489 bits per heavy atom. The number of ether oxygens (including phenoxy) is 1. The predicted molar refractivity (Wildman–Crippen MR) is 405 cm³/mol. The average molecular weight is 1280 g/mol. The molecule has 12 unspecified atom stereocenters. The number of morpholine rings is 1. The molecule has 0 aromatic heterocycles. The number of nitrogens with one attached hydrogen (secondary N) is 2. The minimum absolute atomic E-state index is 0.459. The van der Waals surface area contributed by atoms with Crippen LogP contribution in [-0.2, 0) is 30.5 Å². The Kier molecular flexibility index (Phi) is 42.5. The van der Waals surface area contributed by atoms with Crippen LogP contribution >= 0.6 is 0 Å². The second-order valence-corrected chi connectivity index (χ2v) is 29.0. The first-order valence-corrected chi connectivity index (χ1v) is 36.1. The summed E-state index contributed by atoms with van der Waals surface area (Å²) in [5, 5.41) is 6.30. The van der Waals surface area contributed by atoms with Crippen molar-refractivity contribution in [3.05, 3.63) is 137 Å². The maximum absolute atomic E-state index is 5.21. The van der Waals surface area contributed by atoms with E-state index in [0.29, 0.717) is 36.3 Å². The van der Waals surface area contributed by atoms with E-state index in [1.54, 1.807) is 0 Å². The van der Waals surface area contributed by atoms with Gasteiger partial charge in [-0.3, -0.25) is 14.7 Å². The van der Waals surface area contributed by atoms with Crippen LogP contribution < -0.4 is 15.5 Å². The van der Waals surface area contributed by atoms with Crippen LogP contribution in [-0.4, -0.2) is 231 Å². The van der Waals surface area contributed by atoms with Crippen LogP contribution in [0.25, 0.3) is 0 Å². The van der Waals surface area contributed by atoms with Crippen molar-refractivity contribution in [3.8, 4) is 0 Å². The molecule has 0 radical (unpaired) electrons. The molecule has 11 rings (SSSR count). The van der Waals surface area contributed by atoms with Gasteiger partial charge in [0.1, 0.15) is 0 Å². The van der Waals surface area contributed by atoms with E-state index >= 15 is 0 Å². The number of piperazine rings is 1. The van der Waals surface area contributed by atoms with Crippen LogP contribution in [0.1, 0.15) is 175 Å². The highest BCUT2D eigenvalue weighted by Gasteiger charge is 2.24. The van der Waals surface area contributed by atoms with E-state index < -0.39 is 0 Å². The number of anilines is 1. The van der Waals surface area contributed by atoms with Gasteiger partial charge in [0.2, 0.25) is 0 Å². The van der Waals surface area contributed by atoms with Crippen LogP contribution in [0.4, 0.5) is 5.69 Å². The van der Waals surface area contributed by atoms with Crippen molar-refractivity contribution >= 4 is 5.69 Å². The summed E-state index contributed by atoms with van der Waals surface area (Å²) in [6.07, 6.45) is 10.2. The fourth-order valence-electron chi connectivity index (χ4n) is 12.0. The quantitative estimate of drug-likeness (QED) is 0.193. The molecule has 12 nitrogen and oxygen atoms in total. The van der Waals surface area contributed by atoms with Gasteiger partial charge < -0.3 is 44.8 Å². The van der Waals surface area contributed by atoms with Crippen molar-refractivity contribution in [3.63, 3.8) is 0 Å². The summed E-state index contributed by atoms with van der Waals surface area (Å²) in [5.41, 5.74) is 10.3. The molecule has 0 amide bonds. The van der Waals surface area contributed by atoms with E-state index in [9.17, 15) is 0 Å². The molecule has 4 aromatic carbocycles. The standard InChI is InChI=1S/2C11H15N.C10H13N.C9H13N.C8H17N.C7H16N2.C7H15N.C6H13NO.C6H15N.C5H13N/c1-9-7-10-5-3-4-6-11(10)8-12(9)2;1-9-11-6-4-3-5-10(11)7-8-12(9)2;1-8-7-9-5-3-4-6-10(9)11(8)2;1-8(10-2)9-6-4-3-5-7-9;1-7-4-5-9(3)8(2)6-7;1-7-6-8(2)4-5-9(7)3;1-6-4-7(2)8(3)5-6;1-6-5-8-4-3-7(6)2;1-5-6(2)7(3)4;1-4-5(2)6-3/h2*3-6,9H,7-8H2,1-2H3;3-6,8H,7H2,1-2H3;3-8,10H,1-2H3;7-8H,4-6H2,1-3H3;7H,4-6H2,1-3H3;6-7H,4-5H2,1-3H3;6H,3-5H2,1-2H3;6H,5H2,1-4H3;5-6H,4H2,1-3H3. The van der Waals surface area contributed by atoms with Crippen LogP contribution in [0.3, 0.4) is 0 Å². The lowest BCUT2D eigenvalue weighted by Gasteiger charge is -2.35. The molecular weight excluding hydrogens is 1130 g/mol. The lowest BCUT2D eigenvalue weighted by Crippen LogP contribution is -2.48. The summed E-state index contributed by atoms with van der Waals surface area (Å²) in [6.45, 7) is 42.9. The molecule has 4 saturated heterocycles. The number of hydrogen-bond acceptors (Lipinski definition) is 12. The number of fused-ring (bicyclic) bond motifs is 3. The molecule has 4 fully saturated rings. The smallest absolute Gasteiger partial charge is 0.0619 e. The number of benzene rings is 4. The fraction of sp³-hybridized carbons (Fsp3) is 0.700. The second kappa shape index (κ2) is 46.4. The van der Waals surface area contributed by atoms with Crippen molar-refractivity contribution in [2.75, 3.05) is 148 Å². The molecule has 7 aliphatic heterocycles. The van der Waals surface area contributed by atoms with Gasteiger partial charge in [-0.25, -0.2) is 0 Å². The number of likely N-dealkylation sites (tertiary alicyclic amines) is 2. The number of rotatable bonds is 6. The third kappa shape index (κ3) is 32.3. The summed E-state index contributed by atoms with van der Waals surface area (Å²) < 4.78 is 5.21. The van der Waals surface area contributed by atoms with E-state index in [0.717, 1.165) is 62.3 Å². The van der Waals surface area contributed by atoms with Gasteiger partial charge in [0.05, 0.1) is 13.2 Å². The van der Waals surface area contributed by atoms with Crippen LogP contribution in [0.15, 0.2) is 103 Å². The summed E-state index contributed by atoms with van der Waals surface area (Å²) >= 11 is 0. The molecular formula is C80H145N11O. The number of nitrogens with zero attached hydrogens (tertiary/aromatic N) is 9. The van der Waals surface area contributed by atoms with Gasteiger partial charge in [-0.1, -0.05) is 125 Å². The number of piperidine rings is 1. The molecule has 12 atom stereocenters. The molecule has 92 heavy (non-hydrogen) atoms. The first-order chi connectivity index (χ1) is 43.6. The monoisotopic (exact) mass is 1280 g/mol. The minimum Gasteiger partial charge on any atom is -0.379 e. The average Bonchev–Trinajstić information content (AvgIpc) is 1.34. The maximum Gasteiger partial charge on any atom is 0.0619 e. The molecule has 12 heteroatoms. The lowest BCUT2D eigenvalue weighted by atomic mass is 9.94. The zero-order valence-corrected chi connectivity index (χ0v) is 64.4. The highest BCUT2D eigenvalue weighted by molar-refractivity contribution is 5.58. The minimum atomic E-state index is 0.459. The van der Waals surface area contributed by atoms with Gasteiger partial charge in [-0.2, -0.15) is 0 Å². The predicted octanol–water partition coefficient (Wildman–Crippen LogP) is 14.4. The Bertz CT molecular complexity index is 2380. The normalized spacial score (nSPS) is 25.8. The highest BCUT2D eigenvalue weighted by atomic mass is 16.5. The van der Waals surface area contributed by atoms with Gasteiger partial charge in [0.25, 0.3) is 0 Å². The van der Waals surface area contributed by atoms with Gasteiger partial charge in [-0.15, -0.1) is 0 Å². The van der Waals surface area contributed by atoms with E-state index in [1.807, 2.05) is 20.2 Å². The van der Waals surface area contributed by atoms with Gasteiger partial charge in [0.15, 0.2) is 0 Å². The molecule has 0 saturated carbocycles. The van der Waals surface area contributed by atoms with Crippen molar-refractivity contribution in [2.45, 2.75) is 215 Å². The van der Waals surface area contributed by atoms with Gasteiger partial charge in [-0.05, 0) is 256 Å². The third-order valence-corrected chi connectivity index (χ3v) is 21.0. The molecule has 2 N–H and O–H groups in total. The Balaban J connectivity index is 0.000000351. The number of likely N-dealkylation sites (N-methyl/N-ethyl adjacent to an activating group) is 6. The van der Waals surface area contributed by atoms with E-state index in [4.69, 9.17) is 4.74 Å². The molecule has 4 aromatic rings. The number of para-hydroxylation sites is 1. The topological polar surface area (TPSA) is 62.5 Å². The Morgan fingerprint density at radius 3 is 1.49 bits per heavy atom. The van der Waals surface area contributed by atoms with Crippen LogP contribution in [0.5, 0.6) is 0 Å². The Labute approximate surface area is 569 Å². The largest absolute Gasteiger partial charge is 0.379 e. The molecule has 526 valence electrons. The van der Waals surface area contributed by atoms with Gasteiger partial charge >= 0.3 is 0 Å². The molecule has 0 spiro atoms. The zero-order chi connectivity index (χ0) is 69.0. The Morgan fingerprint density at radius 2 is 1.03 bits per heavy atom. The summed E-state index contributed by atoms with van der Waals surface area (Å²) in [6, 6.07) is 43.4. The third-order valence-electron chi connectivity index (χ3n) is 21.0. The van der Waals surface area contributed by atoms with Gasteiger partial charge in [0, 0.05) is 119 Å². The molecule has 7 aliphatic rings. The summed E-state index contributed by atoms with van der Waals surface area (Å²) in [7, 11) is 25.6. The molecule has 0 bridgehead atoms.